The lowest BCUT2D eigenvalue weighted by molar-refractivity contribution is 0.492. The van der Waals surface area contributed by atoms with Gasteiger partial charge < -0.3 is 0 Å². The lowest BCUT2D eigenvalue weighted by Crippen LogP contribution is -2.01. The van der Waals surface area contributed by atoms with E-state index in [1.807, 2.05) is 0 Å². The average molecular weight is 207 g/mol. The van der Waals surface area contributed by atoms with Crippen molar-refractivity contribution in [2.75, 3.05) is 0 Å². The fraction of sp³-hybridized carbons (Fsp3) is 0.143. The van der Waals surface area contributed by atoms with Gasteiger partial charge in [0.1, 0.15) is 0 Å². The van der Waals surface area contributed by atoms with E-state index in [0.29, 0.717) is 6.42 Å². The zero-order valence-electron chi connectivity index (χ0n) is 6.07. The topological polar surface area (TPSA) is 54.4 Å². The van der Waals surface area contributed by atoms with Gasteiger partial charge >= 0.3 is 0 Å². The maximum absolute atomic E-state index is 10.6. The van der Waals surface area contributed by atoms with Crippen molar-refractivity contribution >= 4 is 21.7 Å². The van der Waals surface area contributed by atoms with Crippen LogP contribution in [0.1, 0.15) is 6.42 Å². The molecule has 0 amide bonds. The van der Waals surface area contributed by atoms with Gasteiger partial charge in [0.25, 0.3) is 10.1 Å². The summed E-state index contributed by atoms with van der Waals surface area (Å²) in [6, 6.07) is 0. The number of hydrogen-bond acceptors (Lipinski definition) is 2. The van der Waals surface area contributed by atoms with Gasteiger partial charge in [-0.05, 0) is 18.1 Å². The number of rotatable bonds is 1. The maximum Gasteiger partial charge on any atom is 0.294 e. The standard InChI is InChI=1S/C7H7ClO3S/c8-5-6-1-3-7(4-2-6)12(9,10)11/h1,3-5H,2H2,(H,9,10,11). The average Bonchev–Trinajstić information content (AvgIpc) is 2.03. The van der Waals surface area contributed by atoms with E-state index in [1.54, 1.807) is 6.08 Å². The van der Waals surface area contributed by atoms with Crippen molar-refractivity contribution in [2.24, 2.45) is 0 Å². The van der Waals surface area contributed by atoms with Crippen molar-refractivity contribution in [2.45, 2.75) is 6.42 Å². The molecule has 0 atom stereocenters. The number of allylic oxidation sites excluding steroid dienone is 4. The van der Waals surface area contributed by atoms with Crippen molar-refractivity contribution in [1.82, 2.24) is 0 Å². The molecule has 66 valence electrons. The van der Waals surface area contributed by atoms with E-state index in [9.17, 15) is 8.42 Å². The van der Waals surface area contributed by atoms with Gasteiger partial charge in [0.15, 0.2) is 0 Å². The highest BCUT2D eigenvalue weighted by Crippen LogP contribution is 2.18. The molecule has 0 aliphatic heterocycles. The molecule has 0 fully saturated rings. The summed E-state index contributed by atoms with van der Waals surface area (Å²) in [5.74, 6) is 0. The Morgan fingerprint density at radius 3 is 2.50 bits per heavy atom. The van der Waals surface area contributed by atoms with E-state index in [0.717, 1.165) is 5.57 Å². The molecule has 0 aromatic rings. The van der Waals surface area contributed by atoms with Gasteiger partial charge in [0, 0.05) is 5.54 Å². The molecule has 3 nitrogen and oxygen atoms in total. The zero-order valence-corrected chi connectivity index (χ0v) is 7.64. The second-order valence-electron chi connectivity index (χ2n) is 2.30. The summed E-state index contributed by atoms with van der Waals surface area (Å²) in [4.78, 5) is -0.0789. The maximum atomic E-state index is 10.6. The minimum Gasteiger partial charge on any atom is -0.282 e. The highest BCUT2D eigenvalue weighted by atomic mass is 35.5. The van der Waals surface area contributed by atoms with Gasteiger partial charge in [-0.15, -0.1) is 0 Å². The number of hydrogen-bond donors (Lipinski definition) is 1. The van der Waals surface area contributed by atoms with Crippen LogP contribution < -0.4 is 0 Å². The third-order valence-corrected chi connectivity index (χ3v) is 2.62. The first-order chi connectivity index (χ1) is 5.54. The third-order valence-electron chi connectivity index (χ3n) is 1.44. The molecule has 1 rings (SSSR count). The fourth-order valence-corrected chi connectivity index (χ4v) is 1.51. The first kappa shape index (κ1) is 9.51. The molecule has 0 saturated heterocycles. The SMILES string of the molecule is O=S(=O)(O)C1=CCC(=CCl)C=C1. The molecule has 12 heavy (non-hydrogen) atoms. The van der Waals surface area contributed by atoms with Crippen LogP contribution in [0.15, 0.2) is 34.2 Å². The van der Waals surface area contributed by atoms with Gasteiger partial charge in [-0.3, -0.25) is 4.55 Å². The van der Waals surface area contributed by atoms with Crippen molar-refractivity contribution in [3.8, 4) is 0 Å². The molecule has 0 saturated carbocycles. The summed E-state index contributed by atoms with van der Waals surface area (Å²) in [5.41, 5.74) is 2.18. The summed E-state index contributed by atoms with van der Waals surface area (Å²) in [6.45, 7) is 0. The lowest BCUT2D eigenvalue weighted by atomic mass is 10.1. The van der Waals surface area contributed by atoms with Crippen LogP contribution in [0.3, 0.4) is 0 Å². The van der Waals surface area contributed by atoms with E-state index in [1.165, 1.54) is 17.7 Å². The predicted molar refractivity (Wildman–Crippen MR) is 47.3 cm³/mol. The van der Waals surface area contributed by atoms with Gasteiger partial charge in [0.05, 0.1) is 4.91 Å². The van der Waals surface area contributed by atoms with E-state index in [-0.39, 0.29) is 4.91 Å². The van der Waals surface area contributed by atoms with Gasteiger partial charge in [-0.1, -0.05) is 23.8 Å². The molecule has 0 radical (unpaired) electrons. The van der Waals surface area contributed by atoms with Crippen LogP contribution >= 0.6 is 11.6 Å². The molecule has 5 heteroatoms. The van der Waals surface area contributed by atoms with Crippen LogP contribution in [0.5, 0.6) is 0 Å². The lowest BCUT2D eigenvalue weighted by Gasteiger charge is -2.04. The smallest absolute Gasteiger partial charge is 0.282 e. The van der Waals surface area contributed by atoms with Crippen molar-refractivity contribution in [3.05, 3.63) is 34.2 Å². The third kappa shape index (κ3) is 2.20. The van der Waals surface area contributed by atoms with Crippen molar-refractivity contribution in [3.63, 3.8) is 0 Å². The highest BCUT2D eigenvalue weighted by Gasteiger charge is 2.12. The van der Waals surface area contributed by atoms with Gasteiger partial charge in [-0.25, -0.2) is 0 Å². The summed E-state index contributed by atoms with van der Waals surface area (Å²) in [7, 11) is -4.05. The summed E-state index contributed by atoms with van der Waals surface area (Å²) >= 11 is 5.39. The second kappa shape index (κ2) is 3.43. The number of halogens is 1. The normalized spacial score (nSPS) is 21.2. The molecule has 0 aromatic carbocycles. The van der Waals surface area contributed by atoms with Crippen LogP contribution in [-0.4, -0.2) is 13.0 Å². The minimum absolute atomic E-state index is 0.0789. The molecule has 1 aliphatic carbocycles. The Labute approximate surface area is 75.8 Å². The van der Waals surface area contributed by atoms with Crippen LogP contribution in [0.4, 0.5) is 0 Å². The van der Waals surface area contributed by atoms with E-state index in [2.05, 4.69) is 0 Å². The van der Waals surface area contributed by atoms with Crippen LogP contribution in [0, 0.1) is 0 Å². The highest BCUT2D eigenvalue weighted by molar-refractivity contribution is 7.90. The largest absolute Gasteiger partial charge is 0.294 e. The molecule has 0 bridgehead atoms. The van der Waals surface area contributed by atoms with Crippen LogP contribution in [0.2, 0.25) is 0 Å². The Bertz CT molecular complexity index is 362. The Hall–Kier alpha value is -0.580. The monoisotopic (exact) mass is 206 g/mol. The van der Waals surface area contributed by atoms with Crippen molar-refractivity contribution < 1.29 is 13.0 Å². The summed E-state index contributed by atoms with van der Waals surface area (Å²) < 4.78 is 29.7. The van der Waals surface area contributed by atoms with E-state index < -0.39 is 10.1 Å². The van der Waals surface area contributed by atoms with Crippen LogP contribution in [-0.2, 0) is 10.1 Å². The second-order valence-corrected chi connectivity index (χ2v) is 3.94. The fourth-order valence-electron chi connectivity index (χ4n) is 0.816. The summed E-state index contributed by atoms with van der Waals surface area (Å²) in [5, 5.41) is 0. The molecule has 0 unspecified atom stereocenters. The van der Waals surface area contributed by atoms with Crippen LogP contribution in [0.25, 0.3) is 0 Å². The summed E-state index contributed by atoms with van der Waals surface area (Å²) in [6.07, 6.45) is 4.70. The molecular formula is C7H7ClO3S. The molecule has 1 N–H and O–H groups in total. The van der Waals surface area contributed by atoms with E-state index >= 15 is 0 Å². The predicted octanol–water partition coefficient (Wildman–Crippen LogP) is 1.84. The Kier molecular flexibility index (Phi) is 2.72. The molecule has 0 aromatic heterocycles. The van der Waals surface area contributed by atoms with Gasteiger partial charge in [-0.2, -0.15) is 8.42 Å². The molecule has 1 aliphatic rings. The molecule has 0 spiro atoms. The van der Waals surface area contributed by atoms with Crippen molar-refractivity contribution in [1.29, 1.82) is 0 Å². The molecular weight excluding hydrogens is 200 g/mol. The quantitative estimate of drug-likeness (QED) is 0.666. The Morgan fingerprint density at radius 2 is 2.17 bits per heavy atom. The first-order valence-corrected chi connectivity index (χ1v) is 5.06. The zero-order chi connectivity index (χ0) is 9.19. The first-order valence-electron chi connectivity index (χ1n) is 3.19. The minimum atomic E-state index is -4.05. The van der Waals surface area contributed by atoms with E-state index in [4.69, 9.17) is 16.2 Å². The van der Waals surface area contributed by atoms with Gasteiger partial charge in [0.2, 0.25) is 0 Å². The Balaban J connectivity index is 2.93. The Morgan fingerprint density at radius 1 is 1.50 bits per heavy atom. The molecule has 0 heterocycles.